The minimum absolute atomic E-state index is 0.0286. The Bertz CT molecular complexity index is 1540. The molecule has 1 amide bonds. The van der Waals surface area contributed by atoms with E-state index in [2.05, 4.69) is 14.8 Å². The summed E-state index contributed by atoms with van der Waals surface area (Å²) in [6.45, 7) is 0.652. The molecule has 1 fully saturated rings. The largest absolute Gasteiger partial charge is 0.494 e. The van der Waals surface area contributed by atoms with E-state index in [1.54, 1.807) is 0 Å². The molecule has 226 valence electrons. The monoisotopic (exact) mass is 625 g/mol. The number of alkyl halides is 3. The van der Waals surface area contributed by atoms with Gasteiger partial charge >= 0.3 is 12.3 Å². The molecule has 17 heteroatoms. The third-order valence-electron chi connectivity index (χ3n) is 6.35. The average molecular weight is 626 g/mol. The average Bonchev–Trinajstić information content (AvgIpc) is 3.73. The number of nitrogens with one attached hydrogen (secondary N) is 2. The molecular formula is C24H27F4N3O8S2. The number of halogens is 4. The number of hydrogen-bond donors (Lipinski definition) is 2. The Hall–Kier alpha value is -3.31. The first kappa shape index (κ1) is 30.6. The highest BCUT2D eigenvalue weighted by Gasteiger charge is 2.51. The summed E-state index contributed by atoms with van der Waals surface area (Å²) in [6.07, 6.45) is -6.28. The van der Waals surface area contributed by atoms with Gasteiger partial charge in [0.05, 0.1) is 29.5 Å². The van der Waals surface area contributed by atoms with E-state index in [4.69, 9.17) is 9.47 Å². The normalized spacial score (nSPS) is 17.8. The minimum Gasteiger partial charge on any atom is -0.494 e. The van der Waals surface area contributed by atoms with Crippen LogP contribution in [0, 0.1) is 5.82 Å². The molecule has 0 unspecified atom stereocenters. The van der Waals surface area contributed by atoms with E-state index >= 15 is 0 Å². The van der Waals surface area contributed by atoms with Gasteiger partial charge in [-0.2, -0.15) is 13.2 Å². The molecule has 2 N–H and O–H groups in total. The van der Waals surface area contributed by atoms with Crippen molar-refractivity contribution in [3.8, 4) is 11.5 Å². The van der Waals surface area contributed by atoms with Crippen LogP contribution in [0.1, 0.15) is 26.7 Å². The molecule has 4 rings (SSSR count). The molecule has 2 aliphatic rings. The van der Waals surface area contributed by atoms with Gasteiger partial charge in [-0.3, -0.25) is 9.62 Å². The number of nitrogens with zero attached hydrogens (tertiary/aromatic N) is 1. The first-order chi connectivity index (χ1) is 18.9. The Kier molecular flexibility index (Phi) is 8.09. The maximum absolute atomic E-state index is 14.0. The van der Waals surface area contributed by atoms with E-state index in [0.29, 0.717) is 26.7 Å². The van der Waals surface area contributed by atoms with E-state index in [1.165, 1.54) is 12.1 Å². The molecule has 0 saturated heterocycles. The van der Waals surface area contributed by atoms with Crippen molar-refractivity contribution in [2.24, 2.45) is 0 Å². The fourth-order valence-electron chi connectivity index (χ4n) is 3.79. The third kappa shape index (κ3) is 6.62. The lowest BCUT2D eigenvalue weighted by Crippen LogP contribution is -2.48. The number of sulfonamides is 2. The molecule has 0 radical (unpaired) electrons. The second-order valence-corrected chi connectivity index (χ2v) is 13.8. The number of ether oxygens (including phenoxy) is 3. The zero-order chi connectivity index (χ0) is 30.4. The van der Waals surface area contributed by atoms with Gasteiger partial charge in [0.15, 0.2) is 11.6 Å². The van der Waals surface area contributed by atoms with Crippen LogP contribution >= 0.6 is 0 Å². The van der Waals surface area contributed by atoms with Gasteiger partial charge in [0.1, 0.15) is 11.9 Å². The Morgan fingerprint density at radius 2 is 1.78 bits per heavy atom. The Morgan fingerprint density at radius 3 is 2.39 bits per heavy atom. The predicted molar refractivity (Wildman–Crippen MR) is 139 cm³/mol. The summed E-state index contributed by atoms with van der Waals surface area (Å²) >= 11 is 0. The molecule has 11 nitrogen and oxygen atoms in total. The molecule has 2 aromatic carbocycles. The highest BCUT2D eigenvalue weighted by Crippen LogP contribution is 2.40. The molecule has 0 aromatic heterocycles. The van der Waals surface area contributed by atoms with Crippen LogP contribution in [0.3, 0.4) is 0 Å². The van der Waals surface area contributed by atoms with Gasteiger partial charge in [-0.25, -0.2) is 30.7 Å². The van der Waals surface area contributed by atoms with Gasteiger partial charge < -0.3 is 14.2 Å². The van der Waals surface area contributed by atoms with Gasteiger partial charge in [0.2, 0.25) is 15.6 Å². The molecule has 0 bridgehead atoms. The van der Waals surface area contributed by atoms with Crippen molar-refractivity contribution in [1.82, 2.24) is 4.72 Å². The van der Waals surface area contributed by atoms with Gasteiger partial charge in [-0.05, 0) is 57.0 Å². The maximum atomic E-state index is 14.0. The fraction of sp³-hybridized carbons (Fsp3) is 0.458. The molecule has 1 aliphatic carbocycles. The summed E-state index contributed by atoms with van der Waals surface area (Å²) < 4.78 is 124. The molecule has 0 spiro atoms. The number of rotatable bonds is 9. The first-order valence-electron chi connectivity index (χ1n) is 12.2. The molecular weight excluding hydrogens is 598 g/mol. The van der Waals surface area contributed by atoms with Crippen molar-refractivity contribution in [2.45, 2.75) is 54.7 Å². The van der Waals surface area contributed by atoms with Crippen LogP contribution in [0.4, 0.5) is 33.7 Å². The summed E-state index contributed by atoms with van der Waals surface area (Å²) in [7, 11) is -6.95. The quantitative estimate of drug-likeness (QED) is 0.402. The zero-order valence-electron chi connectivity index (χ0n) is 22.0. The van der Waals surface area contributed by atoms with Crippen LogP contribution in [0.15, 0.2) is 41.3 Å². The maximum Gasteiger partial charge on any atom is 0.427 e. The van der Waals surface area contributed by atoms with Crippen LogP contribution in [0.25, 0.3) is 0 Å². The van der Waals surface area contributed by atoms with Gasteiger partial charge in [0.25, 0.3) is 10.0 Å². The summed E-state index contributed by atoms with van der Waals surface area (Å²) in [5.41, 5.74) is -3.06. The third-order valence-corrected chi connectivity index (χ3v) is 10.0. The highest BCUT2D eigenvalue weighted by molar-refractivity contribution is 7.92. The van der Waals surface area contributed by atoms with Crippen LogP contribution < -0.4 is 23.8 Å². The highest BCUT2D eigenvalue weighted by atomic mass is 32.2. The van der Waals surface area contributed by atoms with E-state index in [9.17, 15) is 39.2 Å². The summed E-state index contributed by atoms with van der Waals surface area (Å²) in [4.78, 5) is 11.9. The van der Waals surface area contributed by atoms with E-state index in [0.717, 1.165) is 35.7 Å². The molecule has 1 aliphatic heterocycles. The number of carbonyl (C=O) groups excluding carboxylic acids is 1. The zero-order valence-corrected chi connectivity index (χ0v) is 23.6. The van der Waals surface area contributed by atoms with Gasteiger partial charge in [-0.1, -0.05) is 0 Å². The van der Waals surface area contributed by atoms with Crippen molar-refractivity contribution in [2.75, 3.05) is 29.8 Å². The first-order valence-corrected chi connectivity index (χ1v) is 15.2. The van der Waals surface area contributed by atoms with Crippen LogP contribution in [0.5, 0.6) is 11.5 Å². The number of hydrogen-bond acceptors (Lipinski definition) is 8. The lowest BCUT2D eigenvalue weighted by Gasteiger charge is -2.36. The molecule has 1 atom stereocenters. The lowest BCUT2D eigenvalue weighted by molar-refractivity contribution is -0.242. The van der Waals surface area contributed by atoms with Crippen LogP contribution in [-0.4, -0.2) is 66.3 Å². The van der Waals surface area contributed by atoms with Gasteiger partial charge in [0, 0.05) is 18.3 Å². The second kappa shape index (κ2) is 10.8. The molecule has 41 heavy (non-hydrogen) atoms. The topological polar surface area (TPSA) is 140 Å². The van der Waals surface area contributed by atoms with Gasteiger partial charge in [-0.15, -0.1) is 0 Å². The number of amides is 1. The molecule has 1 saturated carbocycles. The number of carbonyl (C=O) groups is 1. The SMILES string of the molecule is COc1cc(S(=O)(=O)N2C[C@H](CNS(=O)(=O)C3CC3)Oc3ccc(NC(=O)OC(C)(C)C(F)(F)F)cc32)ccc1F. The standard InChI is InChI=1S/C24H27F4N3O8S2/c1-23(2,24(26,27)28)39-22(32)30-14-4-9-20-19(10-14)31(13-15(38-20)12-29-40(33,34)16-5-6-16)41(35,36)17-7-8-18(25)21(11-17)37-3/h4,7-11,15-16,29H,5-6,12-13H2,1-3H3,(H,30,32)/t15-/m0/s1. The van der Waals surface area contributed by atoms with Crippen molar-refractivity contribution in [3.05, 3.63) is 42.2 Å². The summed E-state index contributed by atoms with van der Waals surface area (Å²) in [6, 6.07) is 6.50. The Balaban J connectivity index is 1.66. The Labute approximate surface area is 233 Å². The predicted octanol–water partition coefficient (Wildman–Crippen LogP) is 3.76. The second-order valence-electron chi connectivity index (χ2n) is 9.87. The Morgan fingerprint density at radius 1 is 1.10 bits per heavy atom. The smallest absolute Gasteiger partial charge is 0.427 e. The summed E-state index contributed by atoms with van der Waals surface area (Å²) in [5.74, 6) is -1.19. The van der Waals surface area contributed by atoms with Crippen molar-refractivity contribution < 1.29 is 53.4 Å². The summed E-state index contributed by atoms with van der Waals surface area (Å²) in [5, 5.41) is 1.61. The number of methoxy groups -OCH3 is 1. The van der Waals surface area contributed by atoms with Crippen LogP contribution in [0.2, 0.25) is 0 Å². The van der Waals surface area contributed by atoms with Crippen molar-refractivity contribution in [1.29, 1.82) is 0 Å². The van der Waals surface area contributed by atoms with E-state index < -0.39 is 61.6 Å². The minimum atomic E-state index is -4.86. The lowest BCUT2D eigenvalue weighted by atomic mass is 10.1. The molecule has 2 aromatic rings. The van der Waals surface area contributed by atoms with Crippen molar-refractivity contribution >= 4 is 37.5 Å². The van der Waals surface area contributed by atoms with Crippen LogP contribution in [-0.2, 0) is 24.8 Å². The number of fused-ring (bicyclic) bond motifs is 1. The van der Waals surface area contributed by atoms with Crippen molar-refractivity contribution in [3.63, 3.8) is 0 Å². The van der Waals surface area contributed by atoms with E-state index in [-0.39, 0.29) is 34.3 Å². The van der Waals surface area contributed by atoms with E-state index in [1.807, 2.05) is 0 Å². The number of anilines is 2. The number of benzene rings is 2. The fourth-order valence-corrected chi connectivity index (χ4v) is 6.71. The molecule has 1 heterocycles.